The first-order valence-corrected chi connectivity index (χ1v) is 12.4. The summed E-state index contributed by atoms with van der Waals surface area (Å²) in [4.78, 5) is 32.1. The molecule has 4 aromatic rings. The first-order valence-electron chi connectivity index (χ1n) is 11.6. The molecule has 6 nitrogen and oxygen atoms in total. The van der Waals surface area contributed by atoms with Crippen molar-refractivity contribution < 1.29 is 19.4 Å². The van der Waals surface area contributed by atoms with Gasteiger partial charge >= 0.3 is 0 Å². The molecule has 37 heavy (non-hydrogen) atoms. The average molecular weight is 535 g/mol. The van der Waals surface area contributed by atoms with Crippen LogP contribution in [0, 0.1) is 20.8 Å². The molecule has 1 unspecified atom stereocenters. The van der Waals surface area contributed by atoms with E-state index in [4.69, 9.17) is 27.9 Å². The highest BCUT2D eigenvalue weighted by Gasteiger charge is 2.48. The molecule has 0 bridgehead atoms. The molecule has 1 saturated heterocycles. The van der Waals surface area contributed by atoms with Gasteiger partial charge in [0.2, 0.25) is 0 Å². The first kappa shape index (κ1) is 24.9. The van der Waals surface area contributed by atoms with Crippen LogP contribution >= 0.6 is 23.2 Å². The average Bonchev–Trinajstić information content (AvgIpc) is 3.32. The molecule has 1 amide bonds. The van der Waals surface area contributed by atoms with Crippen molar-refractivity contribution >= 4 is 57.2 Å². The van der Waals surface area contributed by atoms with Crippen molar-refractivity contribution in [1.29, 1.82) is 0 Å². The number of ketones is 1. The van der Waals surface area contributed by atoms with Crippen LogP contribution in [-0.2, 0) is 9.59 Å². The number of aliphatic hydroxyl groups excluding tert-OH is 1. The fourth-order valence-electron chi connectivity index (χ4n) is 4.99. The van der Waals surface area contributed by atoms with Crippen molar-refractivity contribution in [3.05, 3.63) is 98.2 Å². The topological polar surface area (TPSA) is 82.6 Å². The second-order valence-corrected chi connectivity index (χ2v) is 9.96. The number of ether oxygens (including phenoxy) is 1. The maximum Gasteiger partial charge on any atom is 0.300 e. The number of fused-ring (bicyclic) bond motifs is 1. The Labute approximate surface area is 224 Å². The van der Waals surface area contributed by atoms with E-state index in [-0.39, 0.29) is 26.9 Å². The number of Topliss-reactive ketones (excluding diaryl/α,β-unsaturated/α-hetero) is 1. The molecule has 2 heterocycles. The maximum atomic E-state index is 13.7. The lowest BCUT2D eigenvalue weighted by Gasteiger charge is -2.26. The highest BCUT2D eigenvalue weighted by molar-refractivity contribution is 6.52. The summed E-state index contributed by atoms with van der Waals surface area (Å²) in [5.41, 5.74) is 4.95. The summed E-state index contributed by atoms with van der Waals surface area (Å²) in [6, 6.07) is 15.2. The summed E-state index contributed by atoms with van der Waals surface area (Å²) in [5, 5.41) is 12.9. The van der Waals surface area contributed by atoms with Gasteiger partial charge in [-0.1, -0.05) is 47.5 Å². The molecular formula is C29H24Cl2N2O4. The number of para-hydroxylation sites is 1. The van der Waals surface area contributed by atoms with Crippen molar-refractivity contribution in [3.63, 3.8) is 0 Å². The monoisotopic (exact) mass is 534 g/mol. The predicted molar refractivity (Wildman–Crippen MR) is 147 cm³/mol. The van der Waals surface area contributed by atoms with Gasteiger partial charge in [0, 0.05) is 32.9 Å². The zero-order valence-electron chi connectivity index (χ0n) is 20.6. The molecule has 1 aromatic heterocycles. The van der Waals surface area contributed by atoms with Crippen LogP contribution in [0.5, 0.6) is 5.75 Å². The number of carbonyl (C=O) groups excluding carboxylic acids is 2. The number of hydrogen-bond acceptors (Lipinski definition) is 4. The summed E-state index contributed by atoms with van der Waals surface area (Å²) in [6.07, 6.45) is 0. The Hall–Kier alpha value is -3.74. The zero-order chi connectivity index (χ0) is 26.6. The van der Waals surface area contributed by atoms with Gasteiger partial charge in [-0.2, -0.15) is 0 Å². The van der Waals surface area contributed by atoms with Crippen molar-refractivity contribution in [1.82, 2.24) is 4.98 Å². The van der Waals surface area contributed by atoms with Gasteiger partial charge in [-0.15, -0.1) is 0 Å². The van der Waals surface area contributed by atoms with Gasteiger partial charge in [0.05, 0.1) is 29.3 Å². The van der Waals surface area contributed by atoms with Gasteiger partial charge in [-0.05, 0) is 62.2 Å². The van der Waals surface area contributed by atoms with Crippen LogP contribution in [0.15, 0.2) is 60.2 Å². The van der Waals surface area contributed by atoms with Crippen LogP contribution in [0.3, 0.4) is 0 Å². The molecule has 0 spiro atoms. The second-order valence-electron chi connectivity index (χ2n) is 9.12. The van der Waals surface area contributed by atoms with E-state index in [9.17, 15) is 14.7 Å². The number of benzene rings is 3. The smallest absolute Gasteiger partial charge is 0.300 e. The zero-order valence-corrected chi connectivity index (χ0v) is 22.2. The van der Waals surface area contributed by atoms with Crippen molar-refractivity contribution in [2.24, 2.45) is 0 Å². The summed E-state index contributed by atoms with van der Waals surface area (Å²) in [7, 11) is 1.40. The number of anilines is 1. The van der Waals surface area contributed by atoms with E-state index in [1.807, 2.05) is 63.2 Å². The highest BCUT2D eigenvalue weighted by Crippen LogP contribution is 2.47. The van der Waals surface area contributed by atoms with E-state index in [2.05, 4.69) is 4.98 Å². The number of amides is 1. The van der Waals surface area contributed by atoms with E-state index in [1.165, 1.54) is 24.1 Å². The van der Waals surface area contributed by atoms with E-state index in [1.54, 1.807) is 0 Å². The molecule has 0 saturated carbocycles. The Bertz CT molecular complexity index is 1640. The minimum absolute atomic E-state index is 0.0762. The lowest BCUT2D eigenvalue weighted by Crippen LogP contribution is -2.29. The second kappa shape index (κ2) is 9.29. The molecule has 1 fully saturated rings. The molecule has 5 rings (SSSR count). The molecular weight excluding hydrogens is 511 g/mol. The standard InChI is InChI=1S/C29H24Cl2N2O4/c1-14-9-10-18(11-15(14)2)33-25(23-16(3)32-22-8-6-5-7-19(22)23)24(27(35)29(33)36)26(34)20-12-17(30)13-21(31)28(20)37-4/h5-13,25,32,34H,1-4H3/b26-24+. The molecule has 1 atom stereocenters. The Morgan fingerprint density at radius 2 is 1.73 bits per heavy atom. The third-order valence-corrected chi connectivity index (χ3v) is 7.40. The Kier molecular flexibility index (Phi) is 6.26. The number of nitrogens with zero attached hydrogens (tertiary/aromatic N) is 1. The van der Waals surface area contributed by atoms with Crippen molar-refractivity contribution in [3.8, 4) is 5.75 Å². The highest BCUT2D eigenvalue weighted by atomic mass is 35.5. The van der Waals surface area contributed by atoms with Crippen LogP contribution < -0.4 is 9.64 Å². The van der Waals surface area contributed by atoms with E-state index >= 15 is 0 Å². The number of aromatic amines is 1. The Morgan fingerprint density at radius 1 is 1.00 bits per heavy atom. The van der Waals surface area contributed by atoms with Crippen LogP contribution in [0.1, 0.15) is 34.0 Å². The fourth-order valence-corrected chi connectivity index (χ4v) is 5.56. The molecule has 8 heteroatoms. The Morgan fingerprint density at radius 3 is 2.43 bits per heavy atom. The molecule has 188 valence electrons. The number of halogens is 2. The molecule has 0 aliphatic carbocycles. The molecule has 1 aliphatic heterocycles. The van der Waals surface area contributed by atoms with Gasteiger partial charge in [0.15, 0.2) is 0 Å². The number of aryl methyl sites for hydroxylation is 3. The fraction of sp³-hybridized carbons (Fsp3) is 0.172. The molecule has 2 N–H and O–H groups in total. The van der Waals surface area contributed by atoms with Crippen LogP contribution in [0.25, 0.3) is 16.7 Å². The number of rotatable bonds is 4. The number of carbonyl (C=O) groups is 2. The number of aromatic nitrogens is 1. The predicted octanol–water partition coefficient (Wildman–Crippen LogP) is 7.03. The molecule has 3 aromatic carbocycles. The van der Waals surface area contributed by atoms with E-state index in [0.29, 0.717) is 11.3 Å². The third kappa shape index (κ3) is 3.97. The summed E-state index contributed by atoms with van der Waals surface area (Å²) in [5.74, 6) is -1.83. The SMILES string of the molecule is COc1c(Cl)cc(Cl)cc1/C(O)=C1\C(=O)C(=O)N(c2ccc(C)c(C)c2)C1c1c(C)[nH]c2ccccc12. The van der Waals surface area contributed by atoms with Gasteiger partial charge in [-0.3, -0.25) is 14.5 Å². The minimum atomic E-state index is -0.916. The lowest BCUT2D eigenvalue weighted by atomic mass is 9.92. The van der Waals surface area contributed by atoms with Crippen molar-refractivity contribution in [2.75, 3.05) is 12.0 Å². The summed E-state index contributed by atoms with van der Waals surface area (Å²) in [6.45, 7) is 5.80. The molecule has 0 radical (unpaired) electrons. The summed E-state index contributed by atoms with van der Waals surface area (Å²) >= 11 is 12.6. The van der Waals surface area contributed by atoms with Crippen molar-refractivity contribution in [2.45, 2.75) is 26.8 Å². The summed E-state index contributed by atoms with van der Waals surface area (Å²) < 4.78 is 5.43. The van der Waals surface area contributed by atoms with Crippen LogP contribution in [0.2, 0.25) is 10.0 Å². The minimum Gasteiger partial charge on any atom is -0.507 e. The maximum absolute atomic E-state index is 13.7. The number of hydrogen-bond donors (Lipinski definition) is 2. The number of H-pyrrole nitrogens is 1. The van der Waals surface area contributed by atoms with Gasteiger partial charge < -0.3 is 14.8 Å². The first-order chi connectivity index (χ1) is 17.6. The van der Waals surface area contributed by atoms with Crippen LogP contribution in [-0.4, -0.2) is 28.9 Å². The van der Waals surface area contributed by atoms with E-state index in [0.717, 1.165) is 27.7 Å². The largest absolute Gasteiger partial charge is 0.507 e. The number of nitrogens with one attached hydrogen (secondary N) is 1. The number of aliphatic hydroxyl groups is 1. The quantitative estimate of drug-likeness (QED) is 0.167. The van der Waals surface area contributed by atoms with Gasteiger partial charge in [0.25, 0.3) is 11.7 Å². The third-order valence-electron chi connectivity index (χ3n) is 6.90. The van der Waals surface area contributed by atoms with Gasteiger partial charge in [0.1, 0.15) is 11.5 Å². The van der Waals surface area contributed by atoms with Gasteiger partial charge in [-0.25, -0.2) is 0 Å². The molecule has 1 aliphatic rings. The Balaban J connectivity index is 1.86. The normalized spacial score (nSPS) is 17.1. The lowest BCUT2D eigenvalue weighted by molar-refractivity contribution is -0.132. The number of methoxy groups -OCH3 is 1. The van der Waals surface area contributed by atoms with Crippen LogP contribution in [0.4, 0.5) is 5.69 Å². The van der Waals surface area contributed by atoms with E-state index < -0.39 is 23.5 Å².